The number of hydrogen-bond donors (Lipinski definition) is 2. The first-order valence-electron chi connectivity index (χ1n) is 10.3. The molecule has 156 valence electrons. The Morgan fingerprint density at radius 2 is 2.00 bits per heavy atom. The van der Waals surface area contributed by atoms with Crippen molar-refractivity contribution in [2.24, 2.45) is 5.92 Å². The molecule has 3 aliphatic rings. The fraction of sp³-hybridized carbons (Fsp3) is 0.571. The fourth-order valence-corrected chi connectivity index (χ4v) is 4.23. The van der Waals surface area contributed by atoms with Crippen LogP contribution in [0.1, 0.15) is 51.0 Å². The molecule has 3 atom stereocenters. The normalized spacial score (nSPS) is 25.8. The van der Waals surface area contributed by atoms with E-state index in [0.29, 0.717) is 23.8 Å². The molecule has 0 bridgehead atoms. The summed E-state index contributed by atoms with van der Waals surface area (Å²) in [6.45, 7) is 2.49. The summed E-state index contributed by atoms with van der Waals surface area (Å²) in [5, 5.41) is 5.79. The summed E-state index contributed by atoms with van der Waals surface area (Å²) >= 11 is 0. The molecule has 29 heavy (non-hydrogen) atoms. The molecule has 2 N–H and O–H groups in total. The summed E-state index contributed by atoms with van der Waals surface area (Å²) in [7, 11) is 0. The highest BCUT2D eigenvalue weighted by molar-refractivity contribution is 6.04. The van der Waals surface area contributed by atoms with E-state index in [1.807, 2.05) is 0 Å². The van der Waals surface area contributed by atoms with E-state index in [2.05, 4.69) is 17.6 Å². The van der Waals surface area contributed by atoms with Crippen LogP contribution in [0.25, 0.3) is 0 Å². The van der Waals surface area contributed by atoms with Gasteiger partial charge in [-0.25, -0.2) is 4.79 Å². The summed E-state index contributed by atoms with van der Waals surface area (Å²) in [6.07, 6.45) is 5.02. The SMILES string of the molecule is C[C@H]1CCCC[C@@H]1NC(=O)CC[C@H]1NC(=O)N(Cc2ccc3c(c2)OCO3)C1=O. The second kappa shape index (κ2) is 8.31. The molecule has 0 radical (unpaired) electrons. The number of ether oxygens (including phenoxy) is 2. The van der Waals surface area contributed by atoms with Gasteiger partial charge in [0.1, 0.15) is 6.04 Å². The smallest absolute Gasteiger partial charge is 0.325 e. The Kier molecular flexibility index (Phi) is 5.60. The highest BCUT2D eigenvalue weighted by Gasteiger charge is 2.38. The lowest BCUT2D eigenvalue weighted by Gasteiger charge is -2.29. The first-order chi connectivity index (χ1) is 14.0. The quantitative estimate of drug-likeness (QED) is 0.713. The topological polar surface area (TPSA) is 97.0 Å². The van der Waals surface area contributed by atoms with Gasteiger partial charge in [-0.15, -0.1) is 0 Å². The Hall–Kier alpha value is -2.77. The molecule has 4 rings (SSSR count). The number of carbonyl (C=O) groups excluding carboxylic acids is 3. The van der Waals surface area contributed by atoms with Crippen molar-refractivity contribution >= 4 is 17.8 Å². The molecular formula is C21H27N3O5. The van der Waals surface area contributed by atoms with Gasteiger partial charge in [-0.05, 0) is 42.9 Å². The molecule has 4 amide bonds. The van der Waals surface area contributed by atoms with Crippen molar-refractivity contribution in [1.29, 1.82) is 0 Å². The van der Waals surface area contributed by atoms with Crippen molar-refractivity contribution in [3.63, 3.8) is 0 Å². The van der Waals surface area contributed by atoms with Crippen LogP contribution in [-0.2, 0) is 16.1 Å². The Labute approximate surface area is 169 Å². The summed E-state index contributed by atoms with van der Waals surface area (Å²) < 4.78 is 10.6. The molecule has 1 saturated heterocycles. The second-order valence-corrected chi connectivity index (χ2v) is 8.09. The van der Waals surface area contributed by atoms with Gasteiger partial charge in [0, 0.05) is 12.5 Å². The third kappa shape index (κ3) is 4.31. The standard InChI is InChI=1S/C21H27N3O5/c1-13-4-2-3-5-15(13)22-19(25)9-7-16-20(26)24(21(27)23-16)11-14-6-8-17-18(10-14)29-12-28-17/h6,8,10,13,15-16H,2-5,7,9,11-12H2,1H3,(H,22,25)(H,23,27)/t13-,15-,16+/m0/s1. The van der Waals surface area contributed by atoms with E-state index in [0.717, 1.165) is 24.8 Å². The molecule has 0 aromatic heterocycles. The zero-order valence-corrected chi connectivity index (χ0v) is 16.6. The molecule has 1 saturated carbocycles. The number of rotatable bonds is 6. The van der Waals surface area contributed by atoms with Crippen molar-refractivity contribution in [1.82, 2.24) is 15.5 Å². The Balaban J connectivity index is 1.29. The van der Waals surface area contributed by atoms with Gasteiger partial charge in [0.05, 0.1) is 6.54 Å². The zero-order valence-electron chi connectivity index (χ0n) is 16.6. The minimum atomic E-state index is -0.661. The molecule has 8 heteroatoms. The van der Waals surface area contributed by atoms with Crippen molar-refractivity contribution in [3.8, 4) is 11.5 Å². The highest BCUT2D eigenvalue weighted by Crippen LogP contribution is 2.33. The molecule has 1 aromatic rings. The number of benzene rings is 1. The number of imide groups is 1. The molecular weight excluding hydrogens is 374 g/mol. The molecule has 2 heterocycles. The zero-order chi connectivity index (χ0) is 20.4. The first kappa shape index (κ1) is 19.5. The molecule has 8 nitrogen and oxygen atoms in total. The van der Waals surface area contributed by atoms with Crippen LogP contribution in [0.4, 0.5) is 4.79 Å². The van der Waals surface area contributed by atoms with Crippen LogP contribution in [-0.4, -0.2) is 41.6 Å². The van der Waals surface area contributed by atoms with Gasteiger partial charge in [0.25, 0.3) is 5.91 Å². The summed E-state index contributed by atoms with van der Waals surface area (Å²) in [5.41, 5.74) is 0.780. The highest BCUT2D eigenvalue weighted by atomic mass is 16.7. The van der Waals surface area contributed by atoms with E-state index in [9.17, 15) is 14.4 Å². The number of hydrogen-bond acceptors (Lipinski definition) is 5. The third-order valence-corrected chi connectivity index (χ3v) is 6.00. The molecule has 2 fully saturated rings. The maximum Gasteiger partial charge on any atom is 0.325 e. The number of nitrogens with zero attached hydrogens (tertiary/aromatic N) is 1. The monoisotopic (exact) mass is 401 g/mol. The molecule has 2 aliphatic heterocycles. The van der Waals surface area contributed by atoms with Gasteiger partial charge in [-0.3, -0.25) is 14.5 Å². The second-order valence-electron chi connectivity index (χ2n) is 8.09. The van der Waals surface area contributed by atoms with Crippen LogP contribution in [0.15, 0.2) is 18.2 Å². The van der Waals surface area contributed by atoms with E-state index in [-0.39, 0.29) is 37.6 Å². The van der Waals surface area contributed by atoms with Crippen LogP contribution in [0.3, 0.4) is 0 Å². The predicted molar refractivity (Wildman–Crippen MR) is 104 cm³/mol. The van der Waals surface area contributed by atoms with Crippen LogP contribution < -0.4 is 20.1 Å². The minimum absolute atomic E-state index is 0.0555. The number of nitrogens with one attached hydrogen (secondary N) is 2. The molecule has 0 unspecified atom stereocenters. The number of urea groups is 1. The van der Waals surface area contributed by atoms with Gasteiger partial charge in [0.2, 0.25) is 12.7 Å². The fourth-order valence-electron chi connectivity index (χ4n) is 4.23. The Bertz CT molecular complexity index is 812. The van der Waals surface area contributed by atoms with E-state index in [1.54, 1.807) is 18.2 Å². The van der Waals surface area contributed by atoms with E-state index in [1.165, 1.54) is 11.3 Å². The van der Waals surface area contributed by atoms with Gasteiger partial charge < -0.3 is 20.1 Å². The lowest BCUT2D eigenvalue weighted by Crippen LogP contribution is -2.41. The lowest BCUT2D eigenvalue weighted by molar-refractivity contribution is -0.128. The molecule has 1 aromatic carbocycles. The van der Waals surface area contributed by atoms with Gasteiger partial charge in [0.15, 0.2) is 11.5 Å². The largest absolute Gasteiger partial charge is 0.454 e. The maximum atomic E-state index is 12.7. The number of carbonyl (C=O) groups is 3. The predicted octanol–water partition coefficient (Wildman–Crippen LogP) is 2.31. The van der Waals surface area contributed by atoms with E-state index >= 15 is 0 Å². The number of amides is 4. The van der Waals surface area contributed by atoms with Gasteiger partial charge in [-0.2, -0.15) is 0 Å². The summed E-state index contributed by atoms with van der Waals surface area (Å²) in [5.74, 6) is 1.39. The van der Waals surface area contributed by atoms with Crippen LogP contribution >= 0.6 is 0 Å². The first-order valence-corrected chi connectivity index (χ1v) is 10.3. The van der Waals surface area contributed by atoms with Crippen molar-refractivity contribution in [2.75, 3.05) is 6.79 Å². The Morgan fingerprint density at radius 1 is 1.21 bits per heavy atom. The maximum absolute atomic E-state index is 12.7. The molecule has 1 aliphatic carbocycles. The van der Waals surface area contributed by atoms with Crippen LogP contribution in [0, 0.1) is 5.92 Å². The van der Waals surface area contributed by atoms with Crippen molar-refractivity contribution in [2.45, 2.75) is 64.1 Å². The van der Waals surface area contributed by atoms with Crippen LogP contribution in [0.5, 0.6) is 11.5 Å². The number of fused-ring (bicyclic) bond motifs is 1. The van der Waals surface area contributed by atoms with Crippen molar-refractivity contribution in [3.05, 3.63) is 23.8 Å². The average molecular weight is 401 g/mol. The molecule has 0 spiro atoms. The third-order valence-electron chi connectivity index (χ3n) is 6.00. The summed E-state index contributed by atoms with van der Waals surface area (Å²) in [4.78, 5) is 38.4. The Morgan fingerprint density at radius 3 is 2.83 bits per heavy atom. The average Bonchev–Trinajstić information content (AvgIpc) is 3.27. The van der Waals surface area contributed by atoms with Crippen LogP contribution in [0.2, 0.25) is 0 Å². The van der Waals surface area contributed by atoms with Gasteiger partial charge >= 0.3 is 6.03 Å². The van der Waals surface area contributed by atoms with E-state index in [4.69, 9.17) is 9.47 Å². The van der Waals surface area contributed by atoms with E-state index < -0.39 is 12.1 Å². The van der Waals surface area contributed by atoms with Gasteiger partial charge in [-0.1, -0.05) is 25.8 Å². The summed E-state index contributed by atoms with van der Waals surface area (Å²) in [6, 6.07) is 4.47. The van der Waals surface area contributed by atoms with Crippen molar-refractivity contribution < 1.29 is 23.9 Å². The minimum Gasteiger partial charge on any atom is -0.454 e. The lowest BCUT2D eigenvalue weighted by atomic mass is 9.86.